The number of carbonyl (C=O) groups is 2. The van der Waals surface area contributed by atoms with Crippen LogP contribution >= 0.6 is 0 Å². The van der Waals surface area contributed by atoms with Crippen LogP contribution in [0.2, 0.25) is 0 Å². The molecule has 0 radical (unpaired) electrons. The Hall–Kier alpha value is -2.82. The molecule has 1 aliphatic rings. The number of aryl methyl sites for hydroxylation is 1. The molecule has 1 unspecified atom stereocenters. The summed E-state index contributed by atoms with van der Waals surface area (Å²) < 4.78 is 2.17. The highest BCUT2D eigenvalue weighted by molar-refractivity contribution is 5.96. The second-order valence-electron chi connectivity index (χ2n) is 6.33. The first-order valence-corrected chi connectivity index (χ1v) is 8.50. The summed E-state index contributed by atoms with van der Waals surface area (Å²) >= 11 is 0. The van der Waals surface area contributed by atoms with Crippen molar-refractivity contribution in [2.24, 2.45) is 0 Å². The number of nitrogens with zero attached hydrogens (tertiary/aromatic N) is 2. The SMILES string of the molecule is Cc1cc(C=CC(=O)N2CCNC(=O)C2C)c(C)n1-c1ccccc1. The van der Waals surface area contributed by atoms with E-state index in [4.69, 9.17) is 0 Å². The molecule has 1 N–H and O–H groups in total. The maximum atomic E-state index is 12.5. The number of para-hydroxylation sites is 1. The third kappa shape index (κ3) is 3.36. The third-order valence-electron chi connectivity index (χ3n) is 4.67. The van der Waals surface area contributed by atoms with Crippen LogP contribution in [0.1, 0.15) is 23.9 Å². The van der Waals surface area contributed by atoms with E-state index in [2.05, 4.69) is 35.0 Å². The number of amides is 2. The third-order valence-corrected chi connectivity index (χ3v) is 4.67. The minimum absolute atomic E-state index is 0.102. The van der Waals surface area contributed by atoms with Gasteiger partial charge >= 0.3 is 0 Å². The second-order valence-corrected chi connectivity index (χ2v) is 6.33. The van der Waals surface area contributed by atoms with E-state index in [0.29, 0.717) is 13.1 Å². The first kappa shape index (κ1) is 17.0. The van der Waals surface area contributed by atoms with Crippen LogP contribution in [0.25, 0.3) is 11.8 Å². The summed E-state index contributed by atoms with van der Waals surface area (Å²) in [5, 5.41) is 2.77. The van der Waals surface area contributed by atoms with Crippen LogP contribution in [0.5, 0.6) is 0 Å². The van der Waals surface area contributed by atoms with Crippen molar-refractivity contribution in [3.63, 3.8) is 0 Å². The van der Waals surface area contributed by atoms with Crippen molar-refractivity contribution in [3.8, 4) is 5.69 Å². The van der Waals surface area contributed by atoms with Crippen LogP contribution in [0, 0.1) is 13.8 Å². The van der Waals surface area contributed by atoms with Crippen molar-refractivity contribution < 1.29 is 9.59 Å². The Kier molecular flexibility index (Phi) is 4.74. The van der Waals surface area contributed by atoms with Crippen molar-refractivity contribution >= 4 is 17.9 Å². The Morgan fingerprint density at radius 1 is 1.24 bits per heavy atom. The van der Waals surface area contributed by atoms with Crippen LogP contribution in [-0.2, 0) is 9.59 Å². The molecule has 2 heterocycles. The predicted octanol–water partition coefficient (Wildman–Crippen LogP) is 2.45. The van der Waals surface area contributed by atoms with E-state index in [9.17, 15) is 9.59 Å². The van der Waals surface area contributed by atoms with E-state index in [-0.39, 0.29) is 11.8 Å². The molecule has 1 saturated heterocycles. The molecule has 1 fully saturated rings. The molecule has 0 spiro atoms. The van der Waals surface area contributed by atoms with Crippen molar-refractivity contribution in [2.75, 3.05) is 13.1 Å². The lowest BCUT2D eigenvalue weighted by Gasteiger charge is -2.31. The lowest BCUT2D eigenvalue weighted by atomic mass is 10.2. The smallest absolute Gasteiger partial charge is 0.247 e. The Bertz CT molecular complexity index is 821. The lowest BCUT2D eigenvalue weighted by molar-refractivity contribution is -0.139. The zero-order chi connectivity index (χ0) is 18.0. The van der Waals surface area contributed by atoms with Crippen LogP contribution in [0.15, 0.2) is 42.5 Å². The number of aromatic nitrogens is 1. The number of rotatable bonds is 3. The first-order valence-electron chi connectivity index (χ1n) is 8.50. The van der Waals surface area contributed by atoms with Gasteiger partial charge in [0, 0.05) is 36.2 Å². The van der Waals surface area contributed by atoms with E-state index in [1.54, 1.807) is 17.9 Å². The Labute approximate surface area is 147 Å². The van der Waals surface area contributed by atoms with E-state index in [1.165, 1.54) is 0 Å². The van der Waals surface area contributed by atoms with Gasteiger partial charge in [0.25, 0.3) is 0 Å². The van der Waals surface area contributed by atoms with Crippen LogP contribution in [0.4, 0.5) is 0 Å². The summed E-state index contributed by atoms with van der Waals surface area (Å²) in [4.78, 5) is 25.8. The second kappa shape index (κ2) is 6.97. The zero-order valence-corrected chi connectivity index (χ0v) is 14.8. The molecule has 5 heteroatoms. The predicted molar refractivity (Wildman–Crippen MR) is 98.5 cm³/mol. The monoisotopic (exact) mass is 337 g/mol. The molecule has 130 valence electrons. The molecule has 2 aromatic rings. The van der Waals surface area contributed by atoms with Gasteiger partial charge < -0.3 is 14.8 Å². The molecular formula is C20H23N3O2. The maximum absolute atomic E-state index is 12.5. The largest absolute Gasteiger partial charge is 0.353 e. The molecule has 2 amide bonds. The molecule has 25 heavy (non-hydrogen) atoms. The quantitative estimate of drug-likeness (QED) is 0.875. The van der Waals surface area contributed by atoms with Gasteiger partial charge in [-0.3, -0.25) is 9.59 Å². The number of hydrogen-bond donors (Lipinski definition) is 1. The standard InChI is InChI=1S/C20H23N3O2/c1-14-13-17(15(2)23(14)18-7-5-4-6-8-18)9-10-19(24)22-12-11-21-20(25)16(22)3/h4-10,13,16H,11-12H2,1-3H3,(H,21,25). The van der Waals surface area contributed by atoms with E-state index in [0.717, 1.165) is 22.6 Å². The highest BCUT2D eigenvalue weighted by Gasteiger charge is 2.27. The fraction of sp³-hybridized carbons (Fsp3) is 0.300. The zero-order valence-electron chi connectivity index (χ0n) is 14.8. The Balaban J connectivity index is 1.83. The fourth-order valence-corrected chi connectivity index (χ4v) is 3.27. The molecule has 5 nitrogen and oxygen atoms in total. The summed E-state index contributed by atoms with van der Waals surface area (Å²) in [6.07, 6.45) is 3.40. The number of carbonyl (C=O) groups excluding carboxylic acids is 2. The van der Waals surface area contributed by atoms with Gasteiger partial charge in [-0.05, 0) is 50.6 Å². The van der Waals surface area contributed by atoms with Crippen LogP contribution < -0.4 is 5.32 Å². The Morgan fingerprint density at radius 2 is 1.96 bits per heavy atom. The molecular weight excluding hydrogens is 314 g/mol. The van der Waals surface area contributed by atoms with Crippen molar-refractivity contribution in [1.82, 2.24) is 14.8 Å². The summed E-state index contributed by atoms with van der Waals surface area (Å²) in [6.45, 7) is 6.89. The van der Waals surface area contributed by atoms with Gasteiger partial charge in [0.15, 0.2) is 0 Å². The summed E-state index contributed by atoms with van der Waals surface area (Å²) in [5.74, 6) is -0.234. The summed E-state index contributed by atoms with van der Waals surface area (Å²) in [6, 6.07) is 11.8. The van der Waals surface area contributed by atoms with Gasteiger partial charge in [0.05, 0.1) is 0 Å². The van der Waals surface area contributed by atoms with E-state index in [1.807, 2.05) is 31.2 Å². The molecule has 0 saturated carbocycles. The molecule has 0 bridgehead atoms. The van der Waals surface area contributed by atoms with Crippen LogP contribution in [0.3, 0.4) is 0 Å². The molecule has 1 aromatic heterocycles. The van der Waals surface area contributed by atoms with E-state index < -0.39 is 6.04 Å². The van der Waals surface area contributed by atoms with Gasteiger partial charge in [-0.15, -0.1) is 0 Å². The number of nitrogens with one attached hydrogen (secondary N) is 1. The highest BCUT2D eigenvalue weighted by Crippen LogP contribution is 2.21. The highest BCUT2D eigenvalue weighted by atomic mass is 16.2. The molecule has 1 aliphatic heterocycles. The lowest BCUT2D eigenvalue weighted by Crippen LogP contribution is -2.55. The minimum atomic E-state index is -0.428. The first-order chi connectivity index (χ1) is 12.0. The van der Waals surface area contributed by atoms with Crippen LogP contribution in [-0.4, -0.2) is 40.4 Å². The number of benzene rings is 1. The van der Waals surface area contributed by atoms with Crippen molar-refractivity contribution in [3.05, 3.63) is 59.4 Å². The number of hydrogen-bond acceptors (Lipinski definition) is 2. The van der Waals surface area contributed by atoms with Gasteiger partial charge in [-0.1, -0.05) is 18.2 Å². The normalized spacial score (nSPS) is 17.8. The minimum Gasteiger partial charge on any atom is -0.353 e. The van der Waals surface area contributed by atoms with Gasteiger partial charge in [0.1, 0.15) is 6.04 Å². The van der Waals surface area contributed by atoms with E-state index >= 15 is 0 Å². The van der Waals surface area contributed by atoms with Crippen molar-refractivity contribution in [2.45, 2.75) is 26.8 Å². The average molecular weight is 337 g/mol. The summed E-state index contributed by atoms with van der Waals surface area (Å²) in [7, 11) is 0. The Morgan fingerprint density at radius 3 is 2.68 bits per heavy atom. The molecule has 1 aromatic carbocycles. The number of piperazine rings is 1. The van der Waals surface area contributed by atoms with Gasteiger partial charge in [-0.25, -0.2) is 0 Å². The average Bonchev–Trinajstić information content (AvgIpc) is 2.89. The molecule has 0 aliphatic carbocycles. The topological polar surface area (TPSA) is 54.3 Å². The van der Waals surface area contributed by atoms with Gasteiger partial charge in [0.2, 0.25) is 11.8 Å². The molecule has 1 atom stereocenters. The summed E-state index contributed by atoms with van der Waals surface area (Å²) in [5.41, 5.74) is 4.30. The fourth-order valence-electron chi connectivity index (χ4n) is 3.27. The molecule has 3 rings (SSSR count). The maximum Gasteiger partial charge on any atom is 0.247 e. The van der Waals surface area contributed by atoms with Gasteiger partial charge in [-0.2, -0.15) is 0 Å². The van der Waals surface area contributed by atoms with Crippen molar-refractivity contribution in [1.29, 1.82) is 0 Å².